The van der Waals surface area contributed by atoms with E-state index >= 15 is 0 Å². The standard InChI is InChI=1S/C23H22Cl2N2O3/c1-3-30-22(29)23(2)21-20(16-6-4-5-7-18(16)26-21)17(13-27(23)19(28)12-24)14-8-10-15(25)11-9-14/h4-11,17,26H,3,12-13H2,1-2H3. The largest absolute Gasteiger partial charge is 0.464 e. The van der Waals surface area contributed by atoms with Gasteiger partial charge in [0.15, 0.2) is 5.54 Å². The van der Waals surface area contributed by atoms with Gasteiger partial charge in [-0.3, -0.25) is 4.79 Å². The molecule has 0 fully saturated rings. The average molecular weight is 445 g/mol. The Kier molecular flexibility index (Phi) is 5.51. The van der Waals surface area contributed by atoms with Crippen molar-refractivity contribution < 1.29 is 14.3 Å². The van der Waals surface area contributed by atoms with Crippen molar-refractivity contribution in [3.63, 3.8) is 0 Å². The van der Waals surface area contributed by atoms with Gasteiger partial charge in [-0.2, -0.15) is 0 Å². The summed E-state index contributed by atoms with van der Waals surface area (Å²) in [6.07, 6.45) is 0. The number of nitrogens with one attached hydrogen (secondary N) is 1. The lowest BCUT2D eigenvalue weighted by Gasteiger charge is -2.45. The van der Waals surface area contributed by atoms with Crippen LogP contribution >= 0.6 is 23.2 Å². The zero-order chi connectivity index (χ0) is 21.5. The maximum absolute atomic E-state index is 13.2. The summed E-state index contributed by atoms with van der Waals surface area (Å²) in [6, 6.07) is 15.5. The number of benzene rings is 2. The number of hydrogen-bond acceptors (Lipinski definition) is 3. The molecular weight excluding hydrogens is 423 g/mol. The molecule has 2 aromatic carbocycles. The van der Waals surface area contributed by atoms with Gasteiger partial charge < -0.3 is 14.6 Å². The van der Waals surface area contributed by atoms with Gasteiger partial charge in [0, 0.05) is 28.4 Å². The van der Waals surface area contributed by atoms with Gasteiger partial charge in [0.2, 0.25) is 5.91 Å². The summed E-state index contributed by atoms with van der Waals surface area (Å²) in [7, 11) is 0. The smallest absolute Gasteiger partial charge is 0.338 e. The molecule has 2 atom stereocenters. The average Bonchev–Trinajstić information content (AvgIpc) is 3.15. The first-order chi connectivity index (χ1) is 14.4. The highest BCUT2D eigenvalue weighted by molar-refractivity contribution is 6.30. The number of alkyl halides is 1. The van der Waals surface area contributed by atoms with Crippen LogP contribution in [0.4, 0.5) is 0 Å². The molecule has 1 aliphatic rings. The van der Waals surface area contributed by atoms with Gasteiger partial charge in [-0.05, 0) is 43.2 Å². The van der Waals surface area contributed by atoms with Crippen LogP contribution in [0.25, 0.3) is 10.9 Å². The number of H-pyrrole nitrogens is 1. The summed E-state index contributed by atoms with van der Waals surface area (Å²) < 4.78 is 5.41. The Labute approximate surface area is 184 Å². The highest BCUT2D eigenvalue weighted by atomic mass is 35.5. The van der Waals surface area contributed by atoms with Crippen LogP contribution in [0.2, 0.25) is 5.02 Å². The van der Waals surface area contributed by atoms with Crippen molar-refractivity contribution in [1.29, 1.82) is 0 Å². The fraction of sp³-hybridized carbons (Fsp3) is 0.304. The van der Waals surface area contributed by atoms with Crippen molar-refractivity contribution in [3.8, 4) is 0 Å². The van der Waals surface area contributed by atoms with E-state index in [-0.39, 0.29) is 24.3 Å². The third kappa shape index (κ3) is 3.17. The molecule has 5 nitrogen and oxygen atoms in total. The SMILES string of the molecule is CCOC(=O)C1(C)c2[nH]c3ccccc3c2C(c2ccc(Cl)cc2)CN1C(=O)CCl. The van der Waals surface area contributed by atoms with Crippen molar-refractivity contribution >= 4 is 46.0 Å². The van der Waals surface area contributed by atoms with Gasteiger partial charge >= 0.3 is 5.97 Å². The summed E-state index contributed by atoms with van der Waals surface area (Å²) in [5, 5.41) is 1.65. The number of nitrogens with zero attached hydrogens (tertiary/aromatic N) is 1. The van der Waals surface area contributed by atoms with Crippen molar-refractivity contribution in [3.05, 3.63) is 70.4 Å². The molecule has 2 unspecified atom stereocenters. The summed E-state index contributed by atoms with van der Waals surface area (Å²) in [5.74, 6) is -1.18. The van der Waals surface area contributed by atoms with Crippen LogP contribution in [0.3, 0.4) is 0 Å². The number of halogens is 2. The first-order valence-electron chi connectivity index (χ1n) is 9.82. The molecule has 0 spiro atoms. The van der Waals surface area contributed by atoms with Crippen LogP contribution in [0, 0.1) is 0 Å². The van der Waals surface area contributed by atoms with Crippen LogP contribution < -0.4 is 0 Å². The van der Waals surface area contributed by atoms with E-state index in [0.717, 1.165) is 22.0 Å². The van der Waals surface area contributed by atoms with Crippen LogP contribution in [0.5, 0.6) is 0 Å². The van der Waals surface area contributed by atoms with E-state index in [1.807, 2.05) is 48.5 Å². The molecule has 0 radical (unpaired) electrons. The summed E-state index contributed by atoms with van der Waals surface area (Å²) >= 11 is 12.0. The Bertz CT molecular complexity index is 1110. The first kappa shape index (κ1) is 20.8. The minimum atomic E-state index is -1.31. The number of amides is 1. The Morgan fingerprint density at radius 3 is 2.57 bits per heavy atom. The molecular formula is C23H22Cl2N2O3. The zero-order valence-corrected chi connectivity index (χ0v) is 18.3. The number of aromatic nitrogens is 1. The third-order valence-electron chi connectivity index (χ3n) is 5.85. The summed E-state index contributed by atoms with van der Waals surface area (Å²) in [6.45, 7) is 3.99. The van der Waals surface area contributed by atoms with Crippen molar-refractivity contribution in [1.82, 2.24) is 9.88 Å². The molecule has 1 N–H and O–H groups in total. The van der Waals surface area contributed by atoms with Crippen LogP contribution in [0.1, 0.15) is 36.6 Å². The monoisotopic (exact) mass is 444 g/mol. The van der Waals surface area contributed by atoms with E-state index in [2.05, 4.69) is 4.98 Å². The number of para-hydroxylation sites is 1. The second-order valence-electron chi connectivity index (χ2n) is 7.49. The second-order valence-corrected chi connectivity index (χ2v) is 8.20. The van der Waals surface area contributed by atoms with E-state index in [9.17, 15) is 9.59 Å². The topological polar surface area (TPSA) is 62.4 Å². The molecule has 2 heterocycles. The van der Waals surface area contributed by atoms with Gasteiger partial charge in [-0.25, -0.2) is 4.79 Å². The van der Waals surface area contributed by atoms with E-state index in [0.29, 0.717) is 17.3 Å². The molecule has 30 heavy (non-hydrogen) atoms. The number of aromatic amines is 1. The van der Waals surface area contributed by atoms with Crippen LogP contribution in [-0.4, -0.2) is 40.8 Å². The quantitative estimate of drug-likeness (QED) is 0.463. The first-order valence-corrected chi connectivity index (χ1v) is 10.7. The number of rotatable bonds is 4. The molecule has 0 saturated heterocycles. The highest BCUT2D eigenvalue weighted by Crippen LogP contribution is 2.46. The van der Waals surface area contributed by atoms with Crippen molar-refractivity contribution in [2.75, 3.05) is 19.0 Å². The minimum Gasteiger partial charge on any atom is -0.464 e. The molecule has 0 saturated carbocycles. The number of hydrogen-bond donors (Lipinski definition) is 1. The molecule has 7 heteroatoms. The van der Waals surface area contributed by atoms with Crippen molar-refractivity contribution in [2.45, 2.75) is 25.3 Å². The third-order valence-corrected chi connectivity index (χ3v) is 6.33. The molecule has 0 aliphatic carbocycles. The van der Waals surface area contributed by atoms with E-state index in [4.69, 9.17) is 27.9 Å². The van der Waals surface area contributed by atoms with Crippen LogP contribution in [-0.2, 0) is 19.9 Å². The second kappa shape index (κ2) is 7.97. The summed E-state index contributed by atoms with van der Waals surface area (Å²) in [4.78, 5) is 31.0. The normalized spacial score (nSPS) is 20.8. The molecule has 1 aromatic heterocycles. The number of esters is 1. The number of carbonyl (C=O) groups excluding carboxylic acids is 2. The molecule has 1 amide bonds. The Morgan fingerprint density at radius 2 is 1.90 bits per heavy atom. The number of fused-ring (bicyclic) bond motifs is 3. The lowest BCUT2D eigenvalue weighted by molar-refractivity contribution is -0.164. The fourth-order valence-electron chi connectivity index (χ4n) is 4.38. The number of carbonyl (C=O) groups is 2. The van der Waals surface area contributed by atoms with E-state index in [1.54, 1.807) is 13.8 Å². The minimum absolute atomic E-state index is 0.150. The molecule has 3 aromatic rings. The molecule has 0 bridgehead atoms. The zero-order valence-electron chi connectivity index (χ0n) is 16.7. The predicted octanol–water partition coefficient (Wildman–Crippen LogP) is 4.81. The van der Waals surface area contributed by atoms with Gasteiger partial charge in [0.25, 0.3) is 0 Å². The van der Waals surface area contributed by atoms with Gasteiger partial charge in [-0.15, -0.1) is 11.6 Å². The Morgan fingerprint density at radius 1 is 1.20 bits per heavy atom. The lowest BCUT2D eigenvalue weighted by atomic mass is 9.78. The van der Waals surface area contributed by atoms with Crippen molar-refractivity contribution in [2.24, 2.45) is 0 Å². The summed E-state index contributed by atoms with van der Waals surface area (Å²) in [5.41, 5.74) is 2.24. The van der Waals surface area contributed by atoms with E-state index in [1.165, 1.54) is 4.90 Å². The predicted molar refractivity (Wildman–Crippen MR) is 118 cm³/mol. The number of ether oxygens (including phenoxy) is 1. The Balaban J connectivity index is 2.01. The molecule has 4 rings (SSSR count). The maximum Gasteiger partial charge on any atom is 0.338 e. The molecule has 1 aliphatic heterocycles. The Hall–Kier alpha value is -2.50. The van der Waals surface area contributed by atoms with Gasteiger partial charge in [0.1, 0.15) is 5.88 Å². The lowest BCUT2D eigenvalue weighted by Crippen LogP contribution is -2.58. The maximum atomic E-state index is 13.2. The van der Waals surface area contributed by atoms with Crippen LogP contribution in [0.15, 0.2) is 48.5 Å². The van der Waals surface area contributed by atoms with E-state index < -0.39 is 11.5 Å². The fourth-order valence-corrected chi connectivity index (χ4v) is 4.65. The molecule has 156 valence electrons. The highest BCUT2D eigenvalue weighted by Gasteiger charge is 2.52. The van der Waals surface area contributed by atoms with Gasteiger partial charge in [0.05, 0.1) is 12.3 Å². The van der Waals surface area contributed by atoms with Gasteiger partial charge in [-0.1, -0.05) is 41.9 Å².